The molecule has 0 aliphatic rings. The zero-order valence-corrected chi connectivity index (χ0v) is 12.4. The average Bonchev–Trinajstić information content (AvgIpc) is 2.26. The minimum Gasteiger partial charge on any atom is -0.393 e. The summed E-state index contributed by atoms with van der Waals surface area (Å²) in [5, 5.41) is 9.30. The third-order valence-corrected chi connectivity index (χ3v) is 2.87. The molecule has 0 aliphatic carbocycles. The van der Waals surface area contributed by atoms with Crippen molar-refractivity contribution in [1.82, 2.24) is 0 Å². The Morgan fingerprint density at radius 1 is 1.33 bits per heavy atom. The van der Waals surface area contributed by atoms with Gasteiger partial charge in [-0.1, -0.05) is 26.7 Å². The van der Waals surface area contributed by atoms with Gasteiger partial charge in [0.15, 0.2) is 0 Å². The second-order valence-electron chi connectivity index (χ2n) is 5.55. The molecule has 0 amide bonds. The van der Waals surface area contributed by atoms with E-state index < -0.39 is 11.7 Å². The second kappa shape index (κ2) is 8.48. The SMILES string of the molecule is CCCCC(CC)C(=O)OOC(C)(C)CC(C)O. The molecule has 0 aromatic rings. The summed E-state index contributed by atoms with van der Waals surface area (Å²) in [6.45, 7) is 9.34. The van der Waals surface area contributed by atoms with Crippen molar-refractivity contribution in [3.8, 4) is 0 Å². The van der Waals surface area contributed by atoms with Gasteiger partial charge < -0.3 is 5.11 Å². The summed E-state index contributed by atoms with van der Waals surface area (Å²) in [4.78, 5) is 21.9. The van der Waals surface area contributed by atoms with Gasteiger partial charge in [0.2, 0.25) is 0 Å². The molecule has 0 fully saturated rings. The van der Waals surface area contributed by atoms with Crippen molar-refractivity contribution in [2.45, 2.75) is 78.4 Å². The molecule has 108 valence electrons. The van der Waals surface area contributed by atoms with Crippen molar-refractivity contribution in [2.75, 3.05) is 0 Å². The first kappa shape index (κ1) is 17.4. The molecule has 0 radical (unpaired) electrons. The van der Waals surface area contributed by atoms with E-state index in [1.54, 1.807) is 20.8 Å². The fraction of sp³-hybridized carbons (Fsp3) is 0.929. The lowest BCUT2D eigenvalue weighted by Crippen LogP contribution is -2.31. The van der Waals surface area contributed by atoms with Crippen LogP contribution in [0.4, 0.5) is 0 Å². The summed E-state index contributed by atoms with van der Waals surface area (Å²) in [5.74, 6) is -0.392. The van der Waals surface area contributed by atoms with Crippen LogP contribution in [0.2, 0.25) is 0 Å². The van der Waals surface area contributed by atoms with Crippen LogP contribution in [0, 0.1) is 5.92 Å². The van der Waals surface area contributed by atoms with Crippen LogP contribution in [-0.4, -0.2) is 22.8 Å². The lowest BCUT2D eigenvalue weighted by atomic mass is 10.00. The fourth-order valence-electron chi connectivity index (χ4n) is 1.91. The monoisotopic (exact) mass is 260 g/mol. The number of carbonyl (C=O) groups excluding carboxylic acids is 1. The van der Waals surface area contributed by atoms with Crippen molar-refractivity contribution in [3.63, 3.8) is 0 Å². The smallest absolute Gasteiger partial charge is 0.345 e. The molecule has 0 heterocycles. The van der Waals surface area contributed by atoms with Gasteiger partial charge in [0.25, 0.3) is 0 Å². The summed E-state index contributed by atoms with van der Waals surface area (Å²) >= 11 is 0. The number of rotatable bonds is 9. The largest absolute Gasteiger partial charge is 0.393 e. The van der Waals surface area contributed by atoms with E-state index in [0.29, 0.717) is 6.42 Å². The number of hydrogen-bond acceptors (Lipinski definition) is 4. The molecule has 2 unspecified atom stereocenters. The third kappa shape index (κ3) is 7.67. The average molecular weight is 260 g/mol. The minimum atomic E-state index is -0.660. The van der Waals surface area contributed by atoms with E-state index in [-0.39, 0.29) is 11.9 Å². The predicted octanol–water partition coefficient (Wildman–Crippen LogP) is 3.23. The molecule has 0 aromatic carbocycles. The van der Waals surface area contributed by atoms with Gasteiger partial charge in [0.05, 0.1) is 12.0 Å². The zero-order chi connectivity index (χ0) is 14.2. The lowest BCUT2D eigenvalue weighted by molar-refractivity contribution is -0.331. The fourth-order valence-corrected chi connectivity index (χ4v) is 1.91. The van der Waals surface area contributed by atoms with Crippen LogP contribution in [0.5, 0.6) is 0 Å². The normalized spacial score (nSPS) is 15.2. The molecule has 1 N–H and O–H groups in total. The third-order valence-electron chi connectivity index (χ3n) is 2.87. The lowest BCUT2D eigenvalue weighted by Gasteiger charge is -2.25. The van der Waals surface area contributed by atoms with E-state index in [0.717, 1.165) is 25.7 Å². The van der Waals surface area contributed by atoms with Crippen LogP contribution in [0.1, 0.15) is 66.7 Å². The maximum absolute atomic E-state index is 11.8. The highest BCUT2D eigenvalue weighted by atomic mass is 17.2. The van der Waals surface area contributed by atoms with Crippen LogP contribution >= 0.6 is 0 Å². The number of aliphatic hydroxyl groups is 1. The van der Waals surface area contributed by atoms with Crippen LogP contribution in [0.25, 0.3) is 0 Å². The van der Waals surface area contributed by atoms with Gasteiger partial charge in [-0.05, 0) is 33.6 Å². The molecule has 4 nitrogen and oxygen atoms in total. The first-order valence-corrected chi connectivity index (χ1v) is 6.90. The van der Waals surface area contributed by atoms with E-state index in [4.69, 9.17) is 9.78 Å². The zero-order valence-electron chi connectivity index (χ0n) is 12.4. The first-order chi connectivity index (χ1) is 8.32. The highest BCUT2D eigenvalue weighted by Crippen LogP contribution is 2.20. The Balaban J connectivity index is 4.13. The maximum Gasteiger partial charge on any atom is 0.345 e. The number of unbranched alkanes of at least 4 members (excludes halogenated alkanes) is 1. The van der Waals surface area contributed by atoms with E-state index in [1.807, 2.05) is 6.92 Å². The molecule has 0 saturated carbocycles. The first-order valence-electron chi connectivity index (χ1n) is 6.90. The Bertz CT molecular complexity index is 236. The summed E-state index contributed by atoms with van der Waals surface area (Å²) in [6, 6.07) is 0. The number of aliphatic hydroxyl groups excluding tert-OH is 1. The maximum atomic E-state index is 11.8. The van der Waals surface area contributed by atoms with E-state index in [9.17, 15) is 9.90 Å². The Hall–Kier alpha value is -0.610. The quantitative estimate of drug-likeness (QED) is 0.511. The highest BCUT2D eigenvalue weighted by molar-refractivity contribution is 5.71. The molecule has 0 spiro atoms. The Labute approximate surface area is 111 Å². The van der Waals surface area contributed by atoms with Gasteiger partial charge in [-0.15, -0.1) is 0 Å². The van der Waals surface area contributed by atoms with Crippen molar-refractivity contribution < 1.29 is 19.7 Å². The van der Waals surface area contributed by atoms with Gasteiger partial charge >= 0.3 is 5.97 Å². The van der Waals surface area contributed by atoms with Crippen molar-refractivity contribution in [2.24, 2.45) is 5.92 Å². The molecule has 2 atom stereocenters. The van der Waals surface area contributed by atoms with Crippen LogP contribution in [0.15, 0.2) is 0 Å². The van der Waals surface area contributed by atoms with Gasteiger partial charge in [-0.2, -0.15) is 4.89 Å². The summed E-state index contributed by atoms with van der Waals surface area (Å²) < 4.78 is 0. The molecular weight excluding hydrogens is 232 g/mol. The van der Waals surface area contributed by atoms with Gasteiger partial charge in [0, 0.05) is 6.42 Å². The standard InChI is InChI=1S/C14H28O4/c1-6-8-9-12(7-2)13(16)17-18-14(4,5)10-11(3)15/h11-12,15H,6-10H2,1-5H3. The Kier molecular flexibility index (Phi) is 8.20. The highest BCUT2D eigenvalue weighted by Gasteiger charge is 2.26. The minimum absolute atomic E-state index is 0.0905. The molecule has 0 rings (SSSR count). The Morgan fingerprint density at radius 2 is 1.94 bits per heavy atom. The van der Waals surface area contributed by atoms with Crippen molar-refractivity contribution >= 4 is 5.97 Å². The topological polar surface area (TPSA) is 55.8 Å². The predicted molar refractivity (Wildman–Crippen MR) is 70.9 cm³/mol. The molecule has 0 bridgehead atoms. The van der Waals surface area contributed by atoms with E-state index in [2.05, 4.69) is 6.92 Å². The van der Waals surface area contributed by atoms with Crippen LogP contribution < -0.4 is 0 Å². The molecular formula is C14H28O4. The molecule has 0 saturated heterocycles. The van der Waals surface area contributed by atoms with E-state index >= 15 is 0 Å². The van der Waals surface area contributed by atoms with Gasteiger partial charge in [-0.25, -0.2) is 4.79 Å². The van der Waals surface area contributed by atoms with Gasteiger partial charge in [0.1, 0.15) is 5.60 Å². The molecule has 18 heavy (non-hydrogen) atoms. The van der Waals surface area contributed by atoms with Crippen molar-refractivity contribution in [1.29, 1.82) is 0 Å². The summed E-state index contributed by atoms with van der Waals surface area (Å²) in [7, 11) is 0. The van der Waals surface area contributed by atoms with Crippen LogP contribution in [-0.2, 0) is 14.6 Å². The van der Waals surface area contributed by atoms with Crippen LogP contribution in [0.3, 0.4) is 0 Å². The van der Waals surface area contributed by atoms with Crippen molar-refractivity contribution in [3.05, 3.63) is 0 Å². The number of hydrogen-bond donors (Lipinski definition) is 1. The van der Waals surface area contributed by atoms with E-state index in [1.165, 1.54) is 0 Å². The number of carbonyl (C=O) groups is 1. The molecule has 0 aliphatic heterocycles. The van der Waals surface area contributed by atoms with Gasteiger partial charge in [-0.3, -0.25) is 4.89 Å². The molecule has 0 aromatic heterocycles. The summed E-state index contributed by atoms with van der Waals surface area (Å²) in [6.07, 6.45) is 3.63. The molecule has 4 heteroatoms. The summed E-state index contributed by atoms with van der Waals surface area (Å²) in [5.41, 5.74) is -0.660. The Morgan fingerprint density at radius 3 is 2.39 bits per heavy atom. The second-order valence-corrected chi connectivity index (χ2v) is 5.55.